The molecular weight excluding hydrogens is 228 g/mol. The second kappa shape index (κ2) is 5.57. The molecule has 4 heteroatoms. The van der Waals surface area contributed by atoms with Crippen molar-refractivity contribution in [3.63, 3.8) is 0 Å². The number of hydrogen-bond acceptors (Lipinski definition) is 3. The lowest BCUT2D eigenvalue weighted by Crippen LogP contribution is -2.60. The van der Waals surface area contributed by atoms with Crippen LogP contribution < -0.4 is 0 Å². The van der Waals surface area contributed by atoms with Crippen LogP contribution in [-0.2, 0) is 9.63 Å². The van der Waals surface area contributed by atoms with Crippen LogP contribution in [0, 0.1) is 5.41 Å². The van der Waals surface area contributed by atoms with E-state index in [4.69, 9.17) is 4.84 Å². The number of piperidine rings is 1. The maximum Gasteiger partial charge on any atom is 0.253 e. The first-order chi connectivity index (χ1) is 8.25. The van der Waals surface area contributed by atoms with Crippen molar-refractivity contribution >= 4 is 5.91 Å². The van der Waals surface area contributed by atoms with Gasteiger partial charge in [-0.15, -0.1) is 0 Å². The SMILES string of the molecule is CON(C)C(=O)C(C)(C)C(C)(C)N1CCCCC1. The fourth-order valence-electron chi connectivity index (χ4n) is 2.59. The molecular formula is C14H28N2O2. The number of hydroxylamine groups is 2. The molecule has 1 amide bonds. The topological polar surface area (TPSA) is 32.8 Å². The predicted octanol–water partition coefficient (Wildman–Crippen LogP) is 2.30. The molecule has 0 atom stereocenters. The molecule has 1 aliphatic rings. The monoisotopic (exact) mass is 256 g/mol. The lowest BCUT2D eigenvalue weighted by atomic mass is 9.72. The van der Waals surface area contributed by atoms with Crippen LogP contribution >= 0.6 is 0 Å². The van der Waals surface area contributed by atoms with Crippen molar-refractivity contribution < 1.29 is 9.63 Å². The molecule has 106 valence electrons. The molecule has 1 rings (SSSR count). The van der Waals surface area contributed by atoms with Crippen LogP contribution in [0.1, 0.15) is 47.0 Å². The quantitative estimate of drug-likeness (QED) is 0.724. The van der Waals surface area contributed by atoms with E-state index >= 15 is 0 Å². The maximum absolute atomic E-state index is 12.5. The lowest BCUT2D eigenvalue weighted by Gasteiger charge is -2.50. The van der Waals surface area contributed by atoms with E-state index < -0.39 is 5.41 Å². The zero-order chi connectivity index (χ0) is 14.0. The third-order valence-corrected chi connectivity index (χ3v) is 4.77. The van der Waals surface area contributed by atoms with Crippen molar-refractivity contribution in [1.82, 2.24) is 9.96 Å². The van der Waals surface area contributed by atoms with Gasteiger partial charge in [0.15, 0.2) is 0 Å². The Morgan fingerprint density at radius 2 is 1.61 bits per heavy atom. The largest absolute Gasteiger partial charge is 0.297 e. The van der Waals surface area contributed by atoms with Crippen LogP contribution in [0.4, 0.5) is 0 Å². The van der Waals surface area contributed by atoms with Crippen molar-refractivity contribution in [2.24, 2.45) is 5.41 Å². The summed E-state index contributed by atoms with van der Waals surface area (Å²) in [4.78, 5) is 19.9. The van der Waals surface area contributed by atoms with E-state index in [2.05, 4.69) is 18.7 Å². The molecule has 0 saturated carbocycles. The average Bonchev–Trinajstić information content (AvgIpc) is 2.37. The van der Waals surface area contributed by atoms with Crippen molar-refractivity contribution in [1.29, 1.82) is 0 Å². The Morgan fingerprint density at radius 1 is 1.11 bits per heavy atom. The Bertz CT molecular complexity index is 294. The number of carbonyl (C=O) groups excluding carboxylic acids is 1. The van der Waals surface area contributed by atoms with E-state index in [1.165, 1.54) is 31.4 Å². The summed E-state index contributed by atoms with van der Waals surface area (Å²) in [5, 5.41) is 1.34. The third kappa shape index (κ3) is 2.69. The summed E-state index contributed by atoms with van der Waals surface area (Å²) in [5.74, 6) is 0.0283. The summed E-state index contributed by atoms with van der Waals surface area (Å²) >= 11 is 0. The minimum Gasteiger partial charge on any atom is -0.297 e. The van der Waals surface area contributed by atoms with Crippen molar-refractivity contribution in [3.8, 4) is 0 Å². The second-order valence-corrected chi connectivity index (χ2v) is 6.22. The van der Waals surface area contributed by atoms with Gasteiger partial charge in [-0.05, 0) is 53.6 Å². The van der Waals surface area contributed by atoms with Gasteiger partial charge in [0.1, 0.15) is 0 Å². The molecule has 18 heavy (non-hydrogen) atoms. The highest BCUT2D eigenvalue weighted by molar-refractivity contribution is 5.82. The number of carbonyl (C=O) groups is 1. The van der Waals surface area contributed by atoms with Crippen molar-refractivity contribution in [2.45, 2.75) is 52.5 Å². The molecule has 0 unspecified atom stereocenters. The highest BCUT2D eigenvalue weighted by Gasteiger charge is 2.48. The minimum absolute atomic E-state index is 0.0283. The molecule has 0 aromatic carbocycles. The van der Waals surface area contributed by atoms with Crippen LogP contribution in [0.2, 0.25) is 0 Å². The second-order valence-electron chi connectivity index (χ2n) is 6.22. The molecule has 1 aliphatic heterocycles. The van der Waals surface area contributed by atoms with Crippen LogP contribution in [-0.4, -0.2) is 48.7 Å². The summed E-state index contributed by atoms with van der Waals surface area (Å²) in [6, 6.07) is 0. The van der Waals surface area contributed by atoms with Gasteiger partial charge < -0.3 is 0 Å². The van der Waals surface area contributed by atoms with Gasteiger partial charge in [0, 0.05) is 12.6 Å². The zero-order valence-corrected chi connectivity index (χ0v) is 12.7. The zero-order valence-electron chi connectivity index (χ0n) is 12.7. The van der Waals surface area contributed by atoms with E-state index in [-0.39, 0.29) is 11.4 Å². The van der Waals surface area contributed by atoms with Gasteiger partial charge in [-0.3, -0.25) is 14.5 Å². The van der Waals surface area contributed by atoms with Gasteiger partial charge >= 0.3 is 0 Å². The third-order valence-electron chi connectivity index (χ3n) is 4.77. The van der Waals surface area contributed by atoms with Crippen LogP contribution in [0.3, 0.4) is 0 Å². The maximum atomic E-state index is 12.5. The number of amides is 1. The molecule has 0 aliphatic carbocycles. The number of rotatable bonds is 4. The van der Waals surface area contributed by atoms with Crippen molar-refractivity contribution in [2.75, 3.05) is 27.2 Å². The van der Waals surface area contributed by atoms with E-state index in [1.54, 1.807) is 7.05 Å². The first-order valence-electron chi connectivity index (χ1n) is 6.82. The molecule has 0 aromatic heterocycles. The summed E-state index contributed by atoms with van der Waals surface area (Å²) in [6.07, 6.45) is 3.76. The lowest BCUT2D eigenvalue weighted by molar-refractivity contribution is -0.186. The summed E-state index contributed by atoms with van der Waals surface area (Å²) in [5.41, 5.74) is -0.646. The molecule has 1 heterocycles. The van der Waals surface area contributed by atoms with Gasteiger partial charge in [-0.2, -0.15) is 0 Å². The van der Waals surface area contributed by atoms with E-state index in [0.29, 0.717) is 0 Å². The molecule has 0 bridgehead atoms. The molecule has 4 nitrogen and oxygen atoms in total. The Balaban J connectivity index is 2.89. The van der Waals surface area contributed by atoms with Gasteiger partial charge in [-0.25, -0.2) is 5.06 Å². The highest BCUT2D eigenvalue weighted by Crippen LogP contribution is 2.38. The van der Waals surface area contributed by atoms with E-state index in [9.17, 15) is 4.79 Å². The Labute approximate surface area is 111 Å². The summed E-state index contributed by atoms with van der Waals surface area (Å²) in [6.45, 7) is 10.5. The smallest absolute Gasteiger partial charge is 0.253 e. The fraction of sp³-hybridized carbons (Fsp3) is 0.929. The molecule has 0 radical (unpaired) electrons. The van der Waals surface area contributed by atoms with Gasteiger partial charge in [-0.1, -0.05) is 6.42 Å². The standard InChI is InChI=1S/C14H28N2O2/c1-13(2,12(17)15(5)18-6)14(3,4)16-10-8-7-9-11-16/h7-11H2,1-6H3. The molecule has 1 fully saturated rings. The summed E-state index contributed by atoms with van der Waals surface area (Å²) < 4.78 is 0. The molecule has 0 aromatic rings. The van der Waals surface area contributed by atoms with Gasteiger partial charge in [0.25, 0.3) is 5.91 Å². The minimum atomic E-state index is -0.477. The first-order valence-corrected chi connectivity index (χ1v) is 6.82. The van der Waals surface area contributed by atoms with Crippen LogP contribution in [0.15, 0.2) is 0 Å². The highest BCUT2D eigenvalue weighted by atomic mass is 16.7. The Morgan fingerprint density at radius 3 is 2.06 bits per heavy atom. The van der Waals surface area contributed by atoms with E-state index in [0.717, 1.165) is 13.1 Å². The Kier molecular flexibility index (Phi) is 4.78. The normalized spacial score (nSPS) is 18.8. The number of nitrogens with zero attached hydrogens (tertiary/aromatic N) is 2. The summed E-state index contributed by atoms with van der Waals surface area (Å²) in [7, 11) is 3.21. The molecule has 1 saturated heterocycles. The number of hydrogen-bond donors (Lipinski definition) is 0. The number of likely N-dealkylation sites (tertiary alicyclic amines) is 1. The fourth-order valence-corrected chi connectivity index (χ4v) is 2.59. The molecule has 0 spiro atoms. The first kappa shape index (κ1) is 15.4. The van der Waals surface area contributed by atoms with Crippen LogP contribution in [0.5, 0.6) is 0 Å². The Hall–Kier alpha value is -0.610. The molecule has 0 N–H and O–H groups in total. The van der Waals surface area contributed by atoms with Crippen LogP contribution in [0.25, 0.3) is 0 Å². The van der Waals surface area contributed by atoms with E-state index in [1.807, 2.05) is 13.8 Å². The average molecular weight is 256 g/mol. The predicted molar refractivity (Wildman–Crippen MR) is 73.1 cm³/mol. The van der Waals surface area contributed by atoms with Gasteiger partial charge in [0.05, 0.1) is 12.5 Å². The van der Waals surface area contributed by atoms with Crippen molar-refractivity contribution in [3.05, 3.63) is 0 Å². The van der Waals surface area contributed by atoms with Gasteiger partial charge in [0.2, 0.25) is 0 Å².